The van der Waals surface area contributed by atoms with Crippen molar-refractivity contribution < 1.29 is 4.79 Å². The molecule has 0 fully saturated rings. The average molecular weight is 233 g/mol. The molecule has 1 rings (SSSR count). The third kappa shape index (κ3) is 5.14. The van der Waals surface area contributed by atoms with E-state index in [1.807, 2.05) is 24.3 Å². The summed E-state index contributed by atoms with van der Waals surface area (Å²) in [6, 6.07) is 7.92. The molecular formula is C15H23NO. The highest BCUT2D eigenvalue weighted by molar-refractivity contribution is 5.96. The van der Waals surface area contributed by atoms with Gasteiger partial charge in [0.1, 0.15) is 0 Å². The summed E-state index contributed by atoms with van der Waals surface area (Å²) in [5.74, 6) is 0.212. The molecule has 0 spiro atoms. The lowest BCUT2D eigenvalue weighted by atomic mass is 10.0. The molecule has 0 heterocycles. The maximum atomic E-state index is 11.9. The van der Waals surface area contributed by atoms with Gasteiger partial charge in [0, 0.05) is 24.1 Å². The van der Waals surface area contributed by atoms with Crippen LogP contribution in [0.15, 0.2) is 24.3 Å². The van der Waals surface area contributed by atoms with Crippen molar-refractivity contribution in [2.75, 3.05) is 6.54 Å². The molecule has 0 unspecified atom stereocenters. The molecule has 1 N–H and O–H groups in total. The van der Waals surface area contributed by atoms with Crippen molar-refractivity contribution in [3.8, 4) is 0 Å². The summed E-state index contributed by atoms with van der Waals surface area (Å²) in [6.45, 7) is 9.16. The van der Waals surface area contributed by atoms with Crippen LogP contribution in [0.5, 0.6) is 0 Å². The van der Waals surface area contributed by atoms with Crippen molar-refractivity contribution in [3.63, 3.8) is 0 Å². The standard InChI is InChI=1S/C15H23NO/c1-5-12-6-8-13(9-7-12)14(17)10-11-16-15(2,3)4/h6-9,16H,5,10-11H2,1-4H3. The number of Topliss-reactive ketones (excluding diaryl/α,β-unsaturated/α-hetero) is 1. The third-order valence-corrected chi connectivity index (χ3v) is 2.69. The van der Waals surface area contributed by atoms with E-state index in [0.29, 0.717) is 6.42 Å². The molecule has 17 heavy (non-hydrogen) atoms. The molecule has 0 atom stereocenters. The number of hydrogen-bond donors (Lipinski definition) is 1. The number of nitrogens with one attached hydrogen (secondary N) is 1. The minimum absolute atomic E-state index is 0.0757. The molecule has 2 nitrogen and oxygen atoms in total. The Hall–Kier alpha value is -1.15. The normalized spacial score (nSPS) is 11.5. The van der Waals surface area contributed by atoms with E-state index < -0.39 is 0 Å². The van der Waals surface area contributed by atoms with Gasteiger partial charge in [0.15, 0.2) is 5.78 Å². The topological polar surface area (TPSA) is 29.1 Å². The molecule has 0 bridgehead atoms. The summed E-state index contributed by atoms with van der Waals surface area (Å²) in [5, 5.41) is 3.32. The highest BCUT2D eigenvalue weighted by Gasteiger charge is 2.10. The molecule has 0 aromatic heterocycles. The molecule has 0 aliphatic rings. The van der Waals surface area contributed by atoms with Gasteiger partial charge in [-0.05, 0) is 32.8 Å². The first-order valence-electron chi connectivity index (χ1n) is 6.29. The molecule has 1 aromatic rings. The van der Waals surface area contributed by atoms with E-state index in [9.17, 15) is 4.79 Å². The van der Waals surface area contributed by atoms with Gasteiger partial charge in [-0.3, -0.25) is 4.79 Å². The fourth-order valence-corrected chi connectivity index (χ4v) is 1.62. The van der Waals surface area contributed by atoms with Crippen LogP contribution in [0, 0.1) is 0 Å². The Morgan fingerprint density at radius 1 is 1.18 bits per heavy atom. The van der Waals surface area contributed by atoms with Gasteiger partial charge in [-0.2, -0.15) is 0 Å². The first-order chi connectivity index (χ1) is 7.92. The van der Waals surface area contributed by atoms with Crippen molar-refractivity contribution in [1.29, 1.82) is 0 Å². The van der Waals surface area contributed by atoms with Gasteiger partial charge in [-0.1, -0.05) is 31.2 Å². The fraction of sp³-hybridized carbons (Fsp3) is 0.533. The predicted molar refractivity (Wildman–Crippen MR) is 72.5 cm³/mol. The van der Waals surface area contributed by atoms with E-state index in [1.165, 1.54) is 5.56 Å². The molecule has 0 saturated carbocycles. The number of aryl methyl sites for hydroxylation is 1. The predicted octanol–water partition coefficient (Wildman–Crippen LogP) is 3.21. The van der Waals surface area contributed by atoms with Gasteiger partial charge in [0.2, 0.25) is 0 Å². The monoisotopic (exact) mass is 233 g/mol. The summed E-state index contributed by atoms with van der Waals surface area (Å²) < 4.78 is 0. The van der Waals surface area contributed by atoms with E-state index in [0.717, 1.165) is 18.5 Å². The van der Waals surface area contributed by atoms with Crippen LogP contribution in [0.3, 0.4) is 0 Å². The third-order valence-electron chi connectivity index (χ3n) is 2.69. The second-order valence-electron chi connectivity index (χ2n) is 5.40. The Balaban J connectivity index is 2.47. The molecule has 2 heteroatoms. The molecule has 94 valence electrons. The van der Waals surface area contributed by atoms with Crippen LogP contribution in [0.2, 0.25) is 0 Å². The Bertz CT molecular complexity index is 360. The lowest BCUT2D eigenvalue weighted by Gasteiger charge is -2.20. The van der Waals surface area contributed by atoms with Crippen LogP contribution in [0.4, 0.5) is 0 Å². The van der Waals surface area contributed by atoms with Crippen LogP contribution in [-0.4, -0.2) is 17.9 Å². The maximum Gasteiger partial charge on any atom is 0.164 e. The number of hydrogen-bond acceptors (Lipinski definition) is 2. The lowest BCUT2D eigenvalue weighted by molar-refractivity contribution is 0.0980. The van der Waals surface area contributed by atoms with Crippen LogP contribution >= 0.6 is 0 Å². The molecule has 0 radical (unpaired) electrons. The van der Waals surface area contributed by atoms with Gasteiger partial charge < -0.3 is 5.32 Å². The van der Waals surface area contributed by atoms with Crippen molar-refractivity contribution >= 4 is 5.78 Å². The van der Waals surface area contributed by atoms with E-state index in [2.05, 4.69) is 33.0 Å². The Morgan fingerprint density at radius 3 is 2.24 bits per heavy atom. The van der Waals surface area contributed by atoms with E-state index in [4.69, 9.17) is 0 Å². The van der Waals surface area contributed by atoms with Gasteiger partial charge in [-0.15, -0.1) is 0 Å². The number of rotatable bonds is 5. The minimum Gasteiger partial charge on any atom is -0.312 e. The van der Waals surface area contributed by atoms with Crippen molar-refractivity contribution in [2.24, 2.45) is 0 Å². The summed E-state index contributed by atoms with van der Waals surface area (Å²) in [7, 11) is 0. The molecule has 1 aromatic carbocycles. The van der Waals surface area contributed by atoms with Crippen molar-refractivity contribution in [3.05, 3.63) is 35.4 Å². The molecular weight excluding hydrogens is 210 g/mol. The number of carbonyl (C=O) groups is 1. The fourth-order valence-electron chi connectivity index (χ4n) is 1.62. The largest absolute Gasteiger partial charge is 0.312 e. The zero-order valence-corrected chi connectivity index (χ0v) is 11.3. The van der Waals surface area contributed by atoms with Crippen molar-refractivity contribution in [1.82, 2.24) is 5.32 Å². The first kappa shape index (κ1) is 13.9. The van der Waals surface area contributed by atoms with Gasteiger partial charge >= 0.3 is 0 Å². The summed E-state index contributed by atoms with van der Waals surface area (Å²) in [4.78, 5) is 11.9. The quantitative estimate of drug-likeness (QED) is 0.791. The zero-order valence-electron chi connectivity index (χ0n) is 11.3. The van der Waals surface area contributed by atoms with Crippen molar-refractivity contribution in [2.45, 2.75) is 46.1 Å². The summed E-state index contributed by atoms with van der Waals surface area (Å²) in [6.07, 6.45) is 1.57. The molecule has 0 aliphatic heterocycles. The smallest absolute Gasteiger partial charge is 0.164 e. The SMILES string of the molecule is CCc1ccc(C(=O)CCNC(C)(C)C)cc1. The van der Waals surface area contributed by atoms with Crippen LogP contribution in [-0.2, 0) is 6.42 Å². The lowest BCUT2D eigenvalue weighted by Crippen LogP contribution is -2.37. The second kappa shape index (κ2) is 5.97. The Kier molecular flexibility index (Phi) is 4.88. The minimum atomic E-state index is 0.0757. The van der Waals surface area contributed by atoms with E-state index in [-0.39, 0.29) is 11.3 Å². The maximum absolute atomic E-state index is 11.9. The van der Waals surface area contributed by atoms with E-state index >= 15 is 0 Å². The summed E-state index contributed by atoms with van der Waals surface area (Å²) >= 11 is 0. The Labute approximate surface area is 104 Å². The van der Waals surface area contributed by atoms with Gasteiger partial charge in [-0.25, -0.2) is 0 Å². The van der Waals surface area contributed by atoms with E-state index in [1.54, 1.807) is 0 Å². The molecule has 0 amide bonds. The molecule has 0 saturated heterocycles. The van der Waals surface area contributed by atoms with Crippen LogP contribution in [0.25, 0.3) is 0 Å². The Morgan fingerprint density at radius 2 is 1.76 bits per heavy atom. The van der Waals surface area contributed by atoms with Gasteiger partial charge in [0.05, 0.1) is 0 Å². The first-order valence-corrected chi connectivity index (χ1v) is 6.29. The van der Waals surface area contributed by atoms with Crippen LogP contribution in [0.1, 0.15) is 50.0 Å². The average Bonchev–Trinajstić information content (AvgIpc) is 2.27. The molecule has 0 aliphatic carbocycles. The van der Waals surface area contributed by atoms with Crippen LogP contribution < -0.4 is 5.32 Å². The van der Waals surface area contributed by atoms with Gasteiger partial charge in [0.25, 0.3) is 0 Å². The highest BCUT2D eigenvalue weighted by atomic mass is 16.1. The number of benzene rings is 1. The highest BCUT2D eigenvalue weighted by Crippen LogP contribution is 2.08. The number of ketones is 1. The zero-order chi connectivity index (χ0) is 12.9. The summed E-state index contributed by atoms with van der Waals surface area (Å²) in [5.41, 5.74) is 2.17. The second-order valence-corrected chi connectivity index (χ2v) is 5.40. The number of carbonyl (C=O) groups excluding carboxylic acids is 1.